The molecule has 1 amide bonds. The van der Waals surface area contributed by atoms with Crippen molar-refractivity contribution in [1.29, 1.82) is 0 Å². The quantitative estimate of drug-likeness (QED) is 0.690. The third-order valence-corrected chi connectivity index (χ3v) is 4.25. The molecule has 29 heavy (non-hydrogen) atoms. The molecule has 0 radical (unpaired) electrons. The molecule has 2 aromatic carbocycles. The normalized spacial score (nSPS) is 10.3. The molecular formula is C21H21N3O5. The Bertz CT molecular complexity index is 1070. The number of hydrogen-bond acceptors (Lipinski definition) is 6. The minimum absolute atomic E-state index is 0.229. The molecule has 0 aliphatic carbocycles. The molecule has 8 heteroatoms. The topological polar surface area (TPSA) is 91.7 Å². The zero-order valence-corrected chi connectivity index (χ0v) is 16.6. The third-order valence-electron chi connectivity index (χ3n) is 4.25. The Balaban J connectivity index is 1.99. The van der Waals surface area contributed by atoms with Crippen LogP contribution >= 0.6 is 0 Å². The van der Waals surface area contributed by atoms with E-state index in [4.69, 9.17) is 14.2 Å². The Kier molecular flexibility index (Phi) is 5.82. The van der Waals surface area contributed by atoms with Gasteiger partial charge in [0.05, 0.1) is 27.0 Å². The van der Waals surface area contributed by atoms with Crippen molar-refractivity contribution in [1.82, 2.24) is 9.78 Å². The number of hydrogen-bond donors (Lipinski definition) is 1. The van der Waals surface area contributed by atoms with Crippen LogP contribution in [0.15, 0.2) is 53.3 Å². The monoisotopic (exact) mass is 395 g/mol. The summed E-state index contributed by atoms with van der Waals surface area (Å²) in [5.74, 6) is 0.503. The average molecular weight is 395 g/mol. The van der Waals surface area contributed by atoms with Crippen molar-refractivity contribution >= 4 is 11.6 Å². The van der Waals surface area contributed by atoms with Crippen molar-refractivity contribution in [3.63, 3.8) is 0 Å². The van der Waals surface area contributed by atoms with E-state index in [0.717, 1.165) is 5.69 Å². The highest BCUT2D eigenvalue weighted by molar-refractivity contribution is 6.03. The largest absolute Gasteiger partial charge is 0.493 e. The smallest absolute Gasteiger partial charge is 0.280 e. The SMILES string of the molecule is COc1cc(NC(=O)c2nn(-c3ccccc3)c(C)cc2=O)cc(OC)c1OC. The summed E-state index contributed by atoms with van der Waals surface area (Å²) in [7, 11) is 4.44. The standard InChI is InChI=1S/C21H21N3O5/c1-13-10-16(25)19(23-24(13)15-8-6-5-7-9-15)21(26)22-14-11-17(27-2)20(29-4)18(12-14)28-3/h5-12H,1-4H3,(H,22,26). The minimum Gasteiger partial charge on any atom is -0.493 e. The lowest BCUT2D eigenvalue weighted by Gasteiger charge is -2.15. The van der Waals surface area contributed by atoms with Gasteiger partial charge in [0.15, 0.2) is 17.2 Å². The number of nitrogens with zero attached hydrogens (tertiary/aromatic N) is 2. The highest BCUT2D eigenvalue weighted by Crippen LogP contribution is 2.39. The Morgan fingerprint density at radius 3 is 2.14 bits per heavy atom. The second kappa shape index (κ2) is 8.47. The van der Waals surface area contributed by atoms with Crippen LogP contribution in [0.25, 0.3) is 5.69 Å². The third kappa shape index (κ3) is 4.06. The van der Waals surface area contributed by atoms with Crippen LogP contribution in [0.4, 0.5) is 5.69 Å². The van der Waals surface area contributed by atoms with E-state index in [1.807, 2.05) is 30.3 Å². The second-order valence-corrected chi connectivity index (χ2v) is 6.11. The highest BCUT2D eigenvalue weighted by atomic mass is 16.5. The number of anilines is 1. The van der Waals surface area contributed by atoms with E-state index in [0.29, 0.717) is 28.6 Å². The van der Waals surface area contributed by atoms with Gasteiger partial charge in [0.1, 0.15) is 0 Å². The first-order valence-electron chi connectivity index (χ1n) is 8.76. The first-order chi connectivity index (χ1) is 14.0. The molecule has 0 saturated carbocycles. The zero-order valence-electron chi connectivity index (χ0n) is 16.6. The fourth-order valence-corrected chi connectivity index (χ4v) is 2.88. The van der Waals surface area contributed by atoms with Crippen molar-refractivity contribution in [2.75, 3.05) is 26.6 Å². The molecule has 0 atom stereocenters. The average Bonchev–Trinajstić information content (AvgIpc) is 2.73. The van der Waals surface area contributed by atoms with Crippen molar-refractivity contribution in [2.24, 2.45) is 0 Å². The van der Waals surface area contributed by atoms with Gasteiger partial charge in [-0.2, -0.15) is 5.10 Å². The maximum absolute atomic E-state index is 12.8. The van der Waals surface area contributed by atoms with Gasteiger partial charge in [-0.1, -0.05) is 18.2 Å². The number of rotatable bonds is 6. The van der Waals surface area contributed by atoms with Crippen LogP contribution in [-0.2, 0) is 0 Å². The second-order valence-electron chi connectivity index (χ2n) is 6.11. The molecule has 150 valence electrons. The zero-order chi connectivity index (χ0) is 21.0. The van der Waals surface area contributed by atoms with Crippen LogP contribution in [0, 0.1) is 6.92 Å². The van der Waals surface area contributed by atoms with Crippen LogP contribution in [0.1, 0.15) is 16.2 Å². The molecule has 0 saturated heterocycles. The Morgan fingerprint density at radius 1 is 0.966 bits per heavy atom. The predicted octanol–water partition coefficient (Wildman–Crippen LogP) is 2.82. The van der Waals surface area contributed by atoms with Gasteiger partial charge >= 0.3 is 0 Å². The lowest BCUT2D eigenvalue weighted by atomic mass is 10.2. The van der Waals surface area contributed by atoms with Gasteiger partial charge in [0.25, 0.3) is 5.91 Å². The summed E-state index contributed by atoms with van der Waals surface area (Å²) >= 11 is 0. The molecule has 3 rings (SSSR count). The summed E-state index contributed by atoms with van der Waals surface area (Å²) in [6.07, 6.45) is 0. The Morgan fingerprint density at radius 2 is 1.59 bits per heavy atom. The lowest BCUT2D eigenvalue weighted by Crippen LogP contribution is -2.26. The summed E-state index contributed by atoms with van der Waals surface area (Å²) in [6, 6.07) is 13.8. The van der Waals surface area contributed by atoms with Gasteiger partial charge in [-0.15, -0.1) is 0 Å². The minimum atomic E-state index is -0.644. The maximum Gasteiger partial charge on any atom is 0.280 e. The van der Waals surface area contributed by atoms with Crippen LogP contribution in [0.2, 0.25) is 0 Å². The van der Waals surface area contributed by atoms with E-state index in [1.165, 1.54) is 27.4 Å². The first kappa shape index (κ1) is 19.9. The maximum atomic E-state index is 12.8. The molecule has 0 aliphatic rings. The number of benzene rings is 2. The van der Waals surface area contributed by atoms with Gasteiger partial charge in [-0.05, 0) is 19.1 Å². The van der Waals surface area contributed by atoms with Crippen molar-refractivity contribution in [2.45, 2.75) is 6.92 Å². The van der Waals surface area contributed by atoms with Crippen molar-refractivity contribution in [3.8, 4) is 22.9 Å². The summed E-state index contributed by atoms with van der Waals surface area (Å²) < 4.78 is 17.4. The van der Waals surface area contributed by atoms with Gasteiger partial charge in [0.2, 0.25) is 11.2 Å². The van der Waals surface area contributed by atoms with Crippen LogP contribution in [0.5, 0.6) is 17.2 Å². The van der Waals surface area contributed by atoms with Crippen molar-refractivity contribution in [3.05, 3.63) is 70.1 Å². The molecule has 0 bridgehead atoms. The van der Waals surface area contributed by atoms with E-state index in [1.54, 1.807) is 23.7 Å². The predicted molar refractivity (Wildman–Crippen MR) is 109 cm³/mol. The Labute approximate surface area is 167 Å². The molecule has 0 aliphatic heterocycles. The van der Waals surface area contributed by atoms with Crippen LogP contribution in [-0.4, -0.2) is 37.0 Å². The summed E-state index contributed by atoms with van der Waals surface area (Å²) in [5, 5.41) is 6.93. The molecular weight excluding hydrogens is 374 g/mol. The molecule has 8 nitrogen and oxygen atoms in total. The van der Waals surface area contributed by atoms with E-state index < -0.39 is 11.3 Å². The van der Waals surface area contributed by atoms with Gasteiger partial charge < -0.3 is 19.5 Å². The van der Waals surface area contributed by atoms with Crippen molar-refractivity contribution < 1.29 is 19.0 Å². The van der Waals surface area contributed by atoms with E-state index >= 15 is 0 Å². The number of methoxy groups -OCH3 is 3. The number of nitrogens with one attached hydrogen (secondary N) is 1. The molecule has 3 aromatic rings. The summed E-state index contributed by atoms with van der Waals surface area (Å²) in [6.45, 7) is 1.75. The van der Waals surface area contributed by atoms with Crippen LogP contribution < -0.4 is 25.0 Å². The number of carbonyl (C=O) groups is 1. The Hall–Kier alpha value is -3.81. The number of ether oxygens (including phenoxy) is 3. The van der Waals surface area contributed by atoms with E-state index in [9.17, 15) is 9.59 Å². The molecule has 0 unspecified atom stereocenters. The first-order valence-corrected chi connectivity index (χ1v) is 8.76. The van der Waals surface area contributed by atoms with Crippen LogP contribution in [0.3, 0.4) is 0 Å². The summed E-state index contributed by atoms with van der Waals surface area (Å²) in [4.78, 5) is 25.2. The highest BCUT2D eigenvalue weighted by Gasteiger charge is 2.18. The van der Waals surface area contributed by atoms with E-state index in [-0.39, 0.29) is 5.69 Å². The fraction of sp³-hybridized carbons (Fsp3) is 0.190. The number of amides is 1. The molecule has 1 N–H and O–H groups in total. The van der Waals surface area contributed by atoms with Gasteiger partial charge in [-0.25, -0.2) is 4.68 Å². The fourth-order valence-electron chi connectivity index (χ4n) is 2.88. The summed E-state index contributed by atoms with van der Waals surface area (Å²) in [5.41, 5.74) is 1.03. The van der Waals surface area contributed by atoms with Gasteiger partial charge in [0, 0.05) is 29.6 Å². The van der Waals surface area contributed by atoms with Gasteiger partial charge in [-0.3, -0.25) is 9.59 Å². The van der Waals surface area contributed by atoms with E-state index in [2.05, 4.69) is 10.4 Å². The number of para-hydroxylation sites is 1. The molecule has 0 spiro atoms. The molecule has 1 aromatic heterocycles. The number of aryl methyl sites for hydroxylation is 1. The number of carbonyl (C=O) groups excluding carboxylic acids is 1. The molecule has 0 fully saturated rings. The molecule has 1 heterocycles. The lowest BCUT2D eigenvalue weighted by molar-refractivity contribution is 0.101. The number of aromatic nitrogens is 2.